The molecule has 0 aromatic carbocycles. The molecule has 0 radical (unpaired) electrons. The lowest BCUT2D eigenvalue weighted by atomic mass is 9.84. The Labute approximate surface area is 122 Å². The lowest BCUT2D eigenvalue weighted by Crippen LogP contribution is -2.53. The third kappa shape index (κ3) is 3.75. The van der Waals surface area contributed by atoms with Crippen LogP contribution < -0.4 is 0 Å². The first-order chi connectivity index (χ1) is 9.40. The van der Waals surface area contributed by atoms with E-state index in [2.05, 4.69) is 6.08 Å². The number of fused-ring (bicyclic) bond motifs is 2. The lowest BCUT2D eigenvalue weighted by Gasteiger charge is -2.45. The van der Waals surface area contributed by atoms with Gasteiger partial charge in [0, 0.05) is 19.8 Å². The first-order valence-corrected chi connectivity index (χ1v) is 7.60. The second-order valence-corrected chi connectivity index (χ2v) is 6.81. The van der Waals surface area contributed by atoms with E-state index in [-0.39, 0.29) is 12.1 Å². The number of hydrogen-bond donors (Lipinski definition) is 0. The molecule has 1 saturated heterocycles. The Morgan fingerprint density at radius 3 is 2.75 bits per heavy atom. The summed E-state index contributed by atoms with van der Waals surface area (Å²) in [6.45, 7) is 6.52. The molecule has 0 aromatic heterocycles. The summed E-state index contributed by atoms with van der Waals surface area (Å²) in [6.07, 6.45) is 7.38. The summed E-state index contributed by atoms with van der Waals surface area (Å²) in [5, 5.41) is 0. The van der Waals surface area contributed by atoms with Crippen LogP contribution >= 0.6 is 0 Å². The Morgan fingerprint density at radius 1 is 1.40 bits per heavy atom. The second kappa shape index (κ2) is 6.17. The van der Waals surface area contributed by atoms with Crippen LogP contribution in [0.5, 0.6) is 0 Å². The molecule has 114 valence electrons. The summed E-state index contributed by atoms with van der Waals surface area (Å²) in [7, 11) is 1.73. The van der Waals surface area contributed by atoms with Gasteiger partial charge in [-0.15, -0.1) is 0 Å². The largest absolute Gasteiger partial charge is 0.444 e. The Bertz CT molecular complexity index is 384. The molecule has 1 fully saturated rings. The van der Waals surface area contributed by atoms with Crippen molar-refractivity contribution in [2.24, 2.45) is 0 Å². The van der Waals surface area contributed by atoms with E-state index in [9.17, 15) is 4.79 Å². The summed E-state index contributed by atoms with van der Waals surface area (Å²) in [5.74, 6) is 0. The Morgan fingerprint density at radius 2 is 2.15 bits per heavy atom. The number of ether oxygens (including phenoxy) is 2. The molecule has 2 bridgehead atoms. The number of carbonyl (C=O) groups excluding carboxylic acids is 1. The molecule has 0 spiro atoms. The normalized spacial score (nSPS) is 26.2. The minimum absolute atomic E-state index is 0.158. The quantitative estimate of drug-likeness (QED) is 0.743. The van der Waals surface area contributed by atoms with Gasteiger partial charge in [-0.3, -0.25) is 4.90 Å². The van der Waals surface area contributed by atoms with E-state index < -0.39 is 5.60 Å². The van der Waals surface area contributed by atoms with E-state index >= 15 is 0 Å². The number of carbonyl (C=O) groups is 1. The van der Waals surface area contributed by atoms with E-state index in [1.165, 1.54) is 12.0 Å². The van der Waals surface area contributed by atoms with E-state index in [1.807, 2.05) is 25.7 Å². The number of piperidine rings is 1. The highest BCUT2D eigenvalue weighted by Crippen LogP contribution is 2.35. The fraction of sp³-hybridized carbons (Fsp3) is 0.812. The SMILES string of the molecule is COCCC1=CC2CCCC(C1)N2C(=O)OC(C)(C)C. The van der Waals surface area contributed by atoms with Crippen LogP contribution in [0, 0.1) is 0 Å². The molecule has 0 aliphatic carbocycles. The van der Waals surface area contributed by atoms with Crippen molar-refractivity contribution < 1.29 is 14.3 Å². The average Bonchev–Trinajstić information content (AvgIpc) is 2.32. The maximum Gasteiger partial charge on any atom is 0.411 e. The summed E-state index contributed by atoms with van der Waals surface area (Å²) in [6, 6.07) is 0.518. The topological polar surface area (TPSA) is 38.8 Å². The van der Waals surface area contributed by atoms with Crippen molar-refractivity contribution in [3.63, 3.8) is 0 Å². The van der Waals surface area contributed by atoms with E-state index in [1.54, 1.807) is 7.11 Å². The highest BCUT2D eigenvalue weighted by molar-refractivity contribution is 5.70. The molecular formula is C16H27NO3. The smallest absolute Gasteiger partial charge is 0.411 e. The molecule has 4 nitrogen and oxygen atoms in total. The summed E-state index contributed by atoms with van der Waals surface area (Å²) in [4.78, 5) is 14.4. The van der Waals surface area contributed by atoms with Gasteiger partial charge >= 0.3 is 6.09 Å². The monoisotopic (exact) mass is 281 g/mol. The van der Waals surface area contributed by atoms with Gasteiger partial charge in [-0.25, -0.2) is 4.79 Å². The van der Waals surface area contributed by atoms with Crippen LogP contribution in [0.3, 0.4) is 0 Å². The van der Waals surface area contributed by atoms with Gasteiger partial charge in [0.25, 0.3) is 0 Å². The lowest BCUT2D eigenvalue weighted by molar-refractivity contribution is -0.00173. The Hall–Kier alpha value is -1.03. The maximum absolute atomic E-state index is 12.4. The van der Waals surface area contributed by atoms with Crippen LogP contribution in [-0.2, 0) is 9.47 Å². The zero-order chi connectivity index (χ0) is 14.8. The highest BCUT2D eigenvalue weighted by Gasteiger charge is 2.38. The van der Waals surface area contributed by atoms with Gasteiger partial charge in [0.15, 0.2) is 0 Å². The molecule has 2 rings (SSSR count). The van der Waals surface area contributed by atoms with Crippen LogP contribution in [0.15, 0.2) is 11.6 Å². The second-order valence-electron chi connectivity index (χ2n) is 6.81. The van der Waals surface area contributed by atoms with Crippen LogP contribution in [0.2, 0.25) is 0 Å². The number of rotatable bonds is 3. The molecule has 0 N–H and O–H groups in total. The zero-order valence-electron chi connectivity index (χ0n) is 13.1. The van der Waals surface area contributed by atoms with Crippen LogP contribution in [0.25, 0.3) is 0 Å². The standard InChI is InChI=1S/C16H27NO3/c1-16(2,3)20-15(18)17-13-6-5-7-14(17)11-12(10-13)8-9-19-4/h10,13-14H,5-9,11H2,1-4H3. The van der Waals surface area contributed by atoms with Gasteiger partial charge in [0.1, 0.15) is 5.60 Å². The van der Waals surface area contributed by atoms with Crippen molar-refractivity contribution in [1.82, 2.24) is 4.90 Å². The van der Waals surface area contributed by atoms with Crippen LogP contribution in [-0.4, -0.2) is 42.4 Å². The van der Waals surface area contributed by atoms with E-state index in [0.29, 0.717) is 6.04 Å². The molecule has 2 aliphatic rings. The van der Waals surface area contributed by atoms with Crippen molar-refractivity contribution in [1.29, 1.82) is 0 Å². The molecule has 2 unspecified atom stereocenters. The van der Waals surface area contributed by atoms with Crippen LogP contribution in [0.4, 0.5) is 4.79 Å². The van der Waals surface area contributed by atoms with Gasteiger partial charge in [0.05, 0.1) is 6.04 Å². The molecule has 2 aliphatic heterocycles. The minimum Gasteiger partial charge on any atom is -0.444 e. The first kappa shape index (κ1) is 15.4. The Kier molecular flexibility index (Phi) is 4.74. The van der Waals surface area contributed by atoms with Gasteiger partial charge in [-0.1, -0.05) is 11.6 Å². The fourth-order valence-corrected chi connectivity index (χ4v) is 3.14. The third-order valence-electron chi connectivity index (χ3n) is 3.95. The number of amides is 1. The molecule has 2 atom stereocenters. The third-order valence-corrected chi connectivity index (χ3v) is 3.95. The minimum atomic E-state index is -0.425. The van der Waals surface area contributed by atoms with Crippen molar-refractivity contribution in [2.45, 2.75) is 70.6 Å². The predicted octanol–water partition coefficient (Wildman–Crippen LogP) is 3.51. The van der Waals surface area contributed by atoms with E-state index in [4.69, 9.17) is 9.47 Å². The van der Waals surface area contributed by atoms with Crippen molar-refractivity contribution in [3.05, 3.63) is 11.6 Å². The fourth-order valence-electron chi connectivity index (χ4n) is 3.14. The predicted molar refractivity (Wildman–Crippen MR) is 78.7 cm³/mol. The first-order valence-electron chi connectivity index (χ1n) is 7.60. The Balaban J connectivity index is 2.08. The summed E-state index contributed by atoms with van der Waals surface area (Å²) >= 11 is 0. The zero-order valence-corrected chi connectivity index (χ0v) is 13.1. The van der Waals surface area contributed by atoms with E-state index in [0.717, 1.165) is 32.3 Å². The van der Waals surface area contributed by atoms with Crippen molar-refractivity contribution in [3.8, 4) is 0 Å². The number of methoxy groups -OCH3 is 1. The molecule has 1 amide bonds. The maximum atomic E-state index is 12.4. The molecule has 4 heteroatoms. The molecule has 0 saturated carbocycles. The molecular weight excluding hydrogens is 254 g/mol. The highest BCUT2D eigenvalue weighted by atomic mass is 16.6. The molecule has 0 aromatic rings. The van der Waals surface area contributed by atoms with Crippen LogP contribution in [0.1, 0.15) is 52.9 Å². The summed E-state index contributed by atoms with van der Waals surface area (Å²) < 4.78 is 10.7. The number of hydrogen-bond acceptors (Lipinski definition) is 3. The van der Waals surface area contributed by atoms with Gasteiger partial charge in [-0.05, 0) is 52.9 Å². The van der Waals surface area contributed by atoms with Gasteiger partial charge < -0.3 is 9.47 Å². The average molecular weight is 281 g/mol. The molecule has 20 heavy (non-hydrogen) atoms. The molecule has 2 heterocycles. The van der Waals surface area contributed by atoms with Gasteiger partial charge in [-0.2, -0.15) is 0 Å². The number of nitrogens with zero attached hydrogens (tertiary/aromatic N) is 1. The van der Waals surface area contributed by atoms with Crippen molar-refractivity contribution >= 4 is 6.09 Å². The van der Waals surface area contributed by atoms with Crippen molar-refractivity contribution in [2.75, 3.05) is 13.7 Å². The summed E-state index contributed by atoms with van der Waals surface area (Å²) in [5.41, 5.74) is 1.01. The van der Waals surface area contributed by atoms with Gasteiger partial charge in [0.2, 0.25) is 0 Å².